The first kappa shape index (κ1) is 44.4. The highest BCUT2D eigenvalue weighted by molar-refractivity contribution is 7.80. The van der Waals surface area contributed by atoms with Crippen LogP contribution in [0.2, 0.25) is 0 Å². The van der Waals surface area contributed by atoms with Crippen LogP contribution >= 0.6 is 23.6 Å². The van der Waals surface area contributed by atoms with Crippen molar-refractivity contribution in [2.24, 2.45) is 17.8 Å². The van der Waals surface area contributed by atoms with Gasteiger partial charge in [0.25, 0.3) is 0 Å². The SMILES string of the molecule is CC[C@H](C)[C@@H]([C@@H](CC(=O)N1CCCC1[C@H](OC)[C@@H](C)C(=S)N[C@@H](Cc1ccccc1)c1nccs1)OC)N(C)C(=O)[C@@H](NC(=O)C(C)(C)NC)C(C)C. The number of thiocarbonyl (C=S) groups is 1. The van der Waals surface area contributed by atoms with E-state index in [4.69, 9.17) is 21.7 Å². The summed E-state index contributed by atoms with van der Waals surface area (Å²) in [6.45, 7) is 14.2. The van der Waals surface area contributed by atoms with Crippen LogP contribution in [0.5, 0.6) is 0 Å². The Kier molecular flexibility index (Phi) is 17.3. The minimum atomic E-state index is -0.849. The first-order valence-corrected chi connectivity index (χ1v) is 20.3. The number of carbonyl (C=O) groups excluding carboxylic acids is 3. The number of benzene rings is 1. The molecule has 0 aliphatic carbocycles. The fourth-order valence-electron chi connectivity index (χ4n) is 7.23. The highest BCUT2D eigenvalue weighted by atomic mass is 32.1. The van der Waals surface area contributed by atoms with Crippen molar-refractivity contribution in [2.75, 3.05) is 34.9 Å². The zero-order valence-corrected chi connectivity index (χ0v) is 35.3. The Morgan fingerprint density at radius 1 is 1.09 bits per heavy atom. The largest absolute Gasteiger partial charge is 0.379 e. The van der Waals surface area contributed by atoms with Crippen molar-refractivity contribution < 1.29 is 23.9 Å². The van der Waals surface area contributed by atoms with E-state index >= 15 is 0 Å². The summed E-state index contributed by atoms with van der Waals surface area (Å²) < 4.78 is 12.2. The van der Waals surface area contributed by atoms with Gasteiger partial charge in [-0.15, -0.1) is 11.3 Å². The van der Waals surface area contributed by atoms with E-state index in [-0.39, 0.29) is 60.1 Å². The summed E-state index contributed by atoms with van der Waals surface area (Å²) >= 11 is 7.63. The minimum absolute atomic E-state index is 0.0187. The number of hydrogen-bond donors (Lipinski definition) is 3. The average molecular weight is 773 g/mol. The molecule has 0 saturated carbocycles. The standard InChI is InChI=1S/C40H64N6O5S2/c1-12-26(4)34(45(9)38(48)33(25(2)3)44-39(49)40(6,7)41-8)31(50-10)24-32(47)46-21-16-19-30(46)35(51-11)27(5)36(52)43-29(37-42-20-22-53-37)23-28-17-14-13-15-18-28/h13-15,17-18,20,22,25-27,29-31,33-35,41H,12,16,19,21,23-24H2,1-11H3,(H,43,52)(H,44,49)/t26-,27+,29-,30?,31+,33-,34-,35+/m0/s1. The molecule has 53 heavy (non-hydrogen) atoms. The predicted octanol–water partition coefficient (Wildman–Crippen LogP) is 5.40. The summed E-state index contributed by atoms with van der Waals surface area (Å²) in [5.74, 6) is -0.836. The summed E-state index contributed by atoms with van der Waals surface area (Å²) in [5, 5.41) is 12.5. The summed E-state index contributed by atoms with van der Waals surface area (Å²) in [5.41, 5.74) is 0.336. The van der Waals surface area contributed by atoms with Crippen LogP contribution in [0.1, 0.15) is 90.8 Å². The molecule has 2 aromatic rings. The first-order chi connectivity index (χ1) is 25.1. The number of methoxy groups -OCH3 is 2. The van der Waals surface area contributed by atoms with Crippen LogP contribution < -0.4 is 16.0 Å². The van der Waals surface area contributed by atoms with Crippen molar-refractivity contribution in [1.29, 1.82) is 0 Å². The Hall–Kier alpha value is -2.97. The number of rotatable bonds is 20. The fraction of sp³-hybridized carbons (Fsp3) is 0.675. The third-order valence-electron chi connectivity index (χ3n) is 11.0. The highest BCUT2D eigenvalue weighted by Gasteiger charge is 2.43. The summed E-state index contributed by atoms with van der Waals surface area (Å²) in [7, 11) is 6.76. The van der Waals surface area contributed by atoms with E-state index in [1.165, 1.54) is 5.56 Å². The van der Waals surface area contributed by atoms with E-state index in [1.807, 2.05) is 48.5 Å². The van der Waals surface area contributed by atoms with Crippen LogP contribution in [-0.2, 0) is 30.3 Å². The van der Waals surface area contributed by atoms with Crippen LogP contribution in [0.3, 0.4) is 0 Å². The zero-order valence-electron chi connectivity index (χ0n) is 33.7. The third-order valence-corrected chi connectivity index (χ3v) is 12.4. The van der Waals surface area contributed by atoms with Gasteiger partial charge in [-0.25, -0.2) is 4.98 Å². The van der Waals surface area contributed by atoms with E-state index in [9.17, 15) is 14.4 Å². The Bertz CT molecular complexity index is 1460. The highest BCUT2D eigenvalue weighted by Crippen LogP contribution is 2.31. The monoisotopic (exact) mass is 772 g/mol. The molecule has 1 unspecified atom stereocenters. The average Bonchev–Trinajstić information content (AvgIpc) is 3.87. The number of nitrogens with one attached hydrogen (secondary N) is 3. The maximum absolute atomic E-state index is 14.3. The molecular weight excluding hydrogens is 709 g/mol. The number of likely N-dealkylation sites (tertiary alicyclic amines) is 1. The molecule has 3 rings (SSSR count). The number of nitrogens with zero attached hydrogens (tertiary/aromatic N) is 3. The molecule has 0 spiro atoms. The number of ether oxygens (including phenoxy) is 2. The molecule has 13 heteroatoms. The van der Waals surface area contributed by atoms with E-state index in [0.717, 1.165) is 30.7 Å². The van der Waals surface area contributed by atoms with Crippen molar-refractivity contribution >= 4 is 46.3 Å². The zero-order chi connectivity index (χ0) is 39.5. The molecule has 1 saturated heterocycles. The van der Waals surface area contributed by atoms with Crippen molar-refractivity contribution in [3.05, 3.63) is 52.5 Å². The number of amides is 3. The lowest BCUT2D eigenvalue weighted by atomic mass is 9.89. The molecule has 2 heterocycles. The number of likely N-dealkylation sites (N-methyl/N-ethyl adjacent to an activating group) is 2. The van der Waals surface area contributed by atoms with Gasteiger partial charge in [0, 0.05) is 45.3 Å². The van der Waals surface area contributed by atoms with Crippen LogP contribution in [0, 0.1) is 17.8 Å². The molecule has 1 aliphatic heterocycles. The molecule has 0 bridgehead atoms. The maximum atomic E-state index is 14.3. The summed E-state index contributed by atoms with van der Waals surface area (Å²) in [6.07, 6.45) is 4.16. The Labute approximate surface area is 327 Å². The van der Waals surface area contributed by atoms with Crippen molar-refractivity contribution in [3.63, 3.8) is 0 Å². The second-order valence-corrected chi connectivity index (χ2v) is 16.6. The third kappa shape index (κ3) is 11.5. The quantitative estimate of drug-likeness (QED) is 0.152. The summed E-state index contributed by atoms with van der Waals surface area (Å²) in [4.78, 5) is 50.4. The van der Waals surface area contributed by atoms with Crippen LogP contribution in [-0.4, -0.2) is 108 Å². The van der Waals surface area contributed by atoms with Crippen molar-refractivity contribution in [2.45, 2.75) is 122 Å². The molecule has 1 aromatic heterocycles. The van der Waals surface area contributed by atoms with Crippen LogP contribution in [0.4, 0.5) is 0 Å². The Balaban J connectivity index is 1.78. The van der Waals surface area contributed by atoms with Crippen molar-refractivity contribution in [3.8, 4) is 0 Å². The molecule has 8 atom stereocenters. The summed E-state index contributed by atoms with van der Waals surface area (Å²) in [6, 6.07) is 8.87. The number of carbonyl (C=O) groups is 3. The predicted molar refractivity (Wildman–Crippen MR) is 217 cm³/mol. The van der Waals surface area contributed by atoms with Gasteiger partial charge in [0.2, 0.25) is 17.7 Å². The lowest BCUT2D eigenvalue weighted by Gasteiger charge is -2.41. The van der Waals surface area contributed by atoms with E-state index in [1.54, 1.807) is 58.4 Å². The molecular formula is C40H64N6O5S2. The van der Waals surface area contributed by atoms with Gasteiger partial charge < -0.3 is 35.2 Å². The van der Waals surface area contributed by atoms with Crippen molar-refractivity contribution in [1.82, 2.24) is 30.7 Å². The van der Waals surface area contributed by atoms with Crippen LogP contribution in [0.25, 0.3) is 0 Å². The van der Waals surface area contributed by atoms with Crippen LogP contribution in [0.15, 0.2) is 41.9 Å². The van der Waals surface area contributed by atoms with Gasteiger partial charge in [-0.05, 0) is 57.6 Å². The van der Waals surface area contributed by atoms with E-state index in [2.05, 4.69) is 53.8 Å². The van der Waals surface area contributed by atoms with Gasteiger partial charge in [-0.3, -0.25) is 14.4 Å². The Morgan fingerprint density at radius 3 is 2.32 bits per heavy atom. The normalized spacial score (nSPS) is 18.8. The number of hydrogen-bond acceptors (Lipinski definition) is 9. The first-order valence-electron chi connectivity index (χ1n) is 19.0. The second-order valence-electron chi connectivity index (χ2n) is 15.3. The van der Waals surface area contributed by atoms with Gasteiger partial charge in [-0.1, -0.05) is 83.6 Å². The molecule has 11 nitrogen and oxygen atoms in total. The molecule has 296 valence electrons. The fourth-order valence-corrected chi connectivity index (χ4v) is 8.20. The van der Waals surface area contributed by atoms with Gasteiger partial charge in [0.05, 0.1) is 47.3 Å². The topological polar surface area (TPSA) is 125 Å². The van der Waals surface area contributed by atoms with Gasteiger partial charge in [0.15, 0.2) is 0 Å². The maximum Gasteiger partial charge on any atom is 0.245 e. The van der Waals surface area contributed by atoms with E-state index < -0.39 is 23.7 Å². The van der Waals surface area contributed by atoms with Gasteiger partial charge in [-0.2, -0.15) is 0 Å². The van der Waals surface area contributed by atoms with E-state index in [0.29, 0.717) is 11.5 Å². The minimum Gasteiger partial charge on any atom is -0.379 e. The number of thiazole rings is 1. The molecule has 1 aromatic carbocycles. The molecule has 0 radical (unpaired) electrons. The van der Waals surface area contributed by atoms with Gasteiger partial charge in [0.1, 0.15) is 11.0 Å². The molecule has 1 fully saturated rings. The number of aromatic nitrogens is 1. The lowest BCUT2D eigenvalue weighted by molar-refractivity contribution is -0.147. The second kappa shape index (κ2) is 20.6. The Morgan fingerprint density at radius 2 is 1.77 bits per heavy atom. The molecule has 3 N–H and O–H groups in total. The molecule has 3 amide bonds. The lowest BCUT2D eigenvalue weighted by Crippen LogP contribution is -2.61. The van der Waals surface area contributed by atoms with Gasteiger partial charge >= 0.3 is 0 Å². The molecule has 1 aliphatic rings. The smallest absolute Gasteiger partial charge is 0.245 e.